The van der Waals surface area contributed by atoms with Crippen molar-refractivity contribution in [2.24, 2.45) is 0 Å². The smallest absolute Gasteiger partial charge is 0.355 e. The Labute approximate surface area is 113 Å². The molecule has 2 aromatic rings. The second-order valence-electron chi connectivity index (χ2n) is 5.13. The lowest BCUT2D eigenvalue weighted by Crippen LogP contribution is -3.04. The highest BCUT2D eigenvalue weighted by Gasteiger charge is 2.20. The molecule has 0 unspecified atom stereocenters. The van der Waals surface area contributed by atoms with Crippen molar-refractivity contribution >= 4 is 16.9 Å². The van der Waals surface area contributed by atoms with Crippen LogP contribution in [0.2, 0.25) is 0 Å². The molecule has 0 fully saturated rings. The zero-order valence-electron chi connectivity index (χ0n) is 12.0. The van der Waals surface area contributed by atoms with Gasteiger partial charge in [-0.2, -0.15) is 0 Å². The van der Waals surface area contributed by atoms with E-state index in [1.54, 1.807) is 0 Å². The van der Waals surface area contributed by atoms with Gasteiger partial charge in [-0.15, -0.1) is 0 Å². The Kier molecular flexibility index (Phi) is 3.90. The van der Waals surface area contributed by atoms with Crippen LogP contribution in [0.5, 0.6) is 0 Å². The van der Waals surface area contributed by atoms with Crippen molar-refractivity contribution < 1.29 is 14.4 Å². The fourth-order valence-corrected chi connectivity index (χ4v) is 2.28. The number of aryl methyl sites for hydroxylation is 1. The van der Waals surface area contributed by atoms with Crippen molar-refractivity contribution in [3.05, 3.63) is 35.0 Å². The number of nitrogens with one attached hydrogen (secondary N) is 2. The largest absolute Gasteiger partial charge is 0.461 e. The Morgan fingerprint density at radius 2 is 2.11 bits per heavy atom. The Morgan fingerprint density at radius 1 is 1.37 bits per heavy atom. The molecule has 1 aromatic carbocycles. The second-order valence-corrected chi connectivity index (χ2v) is 5.13. The van der Waals surface area contributed by atoms with Gasteiger partial charge in [-0.1, -0.05) is 11.6 Å². The molecule has 1 heterocycles. The second kappa shape index (κ2) is 5.45. The van der Waals surface area contributed by atoms with Crippen LogP contribution in [0.4, 0.5) is 0 Å². The molecule has 0 saturated heterocycles. The summed E-state index contributed by atoms with van der Waals surface area (Å²) < 4.78 is 5.13. The summed E-state index contributed by atoms with van der Waals surface area (Å²) in [7, 11) is 4.15. The molecule has 0 amide bonds. The van der Waals surface area contributed by atoms with E-state index < -0.39 is 0 Å². The summed E-state index contributed by atoms with van der Waals surface area (Å²) in [5, 5.41) is 1.12. The predicted molar refractivity (Wildman–Crippen MR) is 75.5 cm³/mol. The maximum Gasteiger partial charge on any atom is 0.355 e. The van der Waals surface area contributed by atoms with Gasteiger partial charge in [0.1, 0.15) is 12.2 Å². The van der Waals surface area contributed by atoms with Crippen molar-refractivity contribution in [1.82, 2.24) is 4.98 Å². The normalized spacial score (nSPS) is 11.2. The highest BCUT2D eigenvalue weighted by Crippen LogP contribution is 2.23. The van der Waals surface area contributed by atoms with Crippen LogP contribution in [-0.4, -0.2) is 31.7 Å². The quantitative estimate of drug-likeness (QED) is 0.815. The number of ether oxygens (including phenoxy) is 1. The van der Waals surface area contributed by atoms with Crippen LogP contribution in [0.3, 0.4) is 0 Å². The molecule has 4 heteroatoms. The zero-order chi connectivity index (χ0) is 14.0. The fraction of sp³-hybridized carbons (Fsp3) is 0.400. The number of aromatic amines is 1. The summed E-state index contributed by atoms with van der Waals surface area (Å²) >= 11 is 0. The SMILES string of the molecule is CCOC(=O)c1[nH]c2ccc(C)cc2c1C[NH+](C)C. The molecule has 1 aromatic heterocycles. The third kappa shape index (κ3) is 2.79. The Hall–Kier alpha value is -1.81. The minimum absolute atomic E-state index is 0.271. The summed E-state index contributed by atoms with van der Waals surface area (Å²) in [6, 6.07) is 6.18. The van der Waals surface area contributed by atoms with Gasteiger partial charge in [0.15, 0.2) is 0 Å². The number of H-pyrrole nitrogens is 1. The molecule has 0 saturated carbocycles. The van der Waals surface area contributed by atoms with Crippen LogP contribution in [0, 0.1) is 6.92 Å². The molecule has 0 atom stereocenters. The molecule has 0 aliphatic carbocycles. The van der Waals surface area contributed by atoms with Crippen LogP contribution in [-0.2, 0) is 11.3 Å². The molecule has 0 spiro atoms. The van der Waals surface area contributed by atoms with E-state index in [0.29, 0.717) is 12.3 Å². The van der Waals surface area contributed by atoms with E-state index in [1.807, 2.05) is 19.1 Å². The minimum Gasteiger partial charge on any atom is -0.461 e. The van der Waals surface area contributed by atoms with Gasteiger partial charge < -0.3 is 14.6 Å². The number of hydrogen-bond acceptors (Lipinski definition) is 2. The molecule has 0 aliphatic rings. The molecule has 0 bridgehead atoms. The number of carbonyl (C=O) groups excluding carboxylic acids is 1. The fourth-order valence-electron chi connectivity index (χ4n) is 2.28. The standard InChI is InChI=1S/C15H20N2O2/c1-5-19-15(18)14-12(9-17(3)4)11-8-10(2)6-7-13(11)16-14/h6-8,16H,5,9H2,1-4H3/p+1. The first-order valence-corrected chi connectivity index (χ1v) is 6.60. The first-order valence-electron chi connectivity index (χ1n) is 6.60. The van der Waals surface area contributed by atoms with E-state index in [0.717, 1.165) is 23.0 Å². The number of hydrogen-bond donors (Lipinski definition) is 2. The third-order valence-corrected chi connectivity index (χ3v) is 3.07. The van der Waals surface area contributed by atoms with E-state index in [2.05, 4.69) is 32.1 Å². The van der Waals surface area contributed by atoms with Crippen molar-refractivity contribution in [2.75, 3.05) is 20.7 Å². The molecule has 4 nitrogen and oxygen atoms in total. The van der Waals surface area contributed by atoms with Gasteiger partial charge in [0.2, 0.25) is 0 Å². The monoisotopic (exact) mass is 261 g/mol. The molecule has 0 aliphatic heterocycles. The number of rotatable bonds is 4. The number of quaternary nitrogens is 1. The number of fused-ring (bicyclic) bond motifs is 1. The molecular weight excluding hydrogens is 240 g/mol. The first-order chi connectivity index (χ1) is 9.02. The summed E-state index contributed by atoms with van der Waals surface area (Å²) in [5.41, 5.74) is 3.81. The third-order valence-electron chi connectivity index (χ3n) is 3.07. The van der Waals surface area contributed by atoms with Gasteiger partial charge in [-0.3, -0.25) is 0 Å². The van der Waals surface area contributed by atoms with Crippen molar-refractivity contribution in [3.63, 3.8) is 0 Å². The number of benzene rings is 1. The average Bonchev–Trinajstić information content (AvgIpc) is 2.67. The van der Waals surface area contributed by atoms with Crippen molar-refractivity contribution in [1.29, 1.82) is 0 Å². The molecule has 2 rings (SSSR count). The summed E-state index contributed by atoms with van der Waals surface area (Å²) in [6.45, 7) is 5.06. The molecule has 102 valence electrons. The maximum atomic E-state index is 12.0. The van der Waals surface area contributed by atoms with Gasteiger partial charge in [0.25, 0.3) is 0 Å². The van der Waals surface area contributed by atoms with Gasteiger partial charge in [0, 0.05) is 16.5 Å². The van der Waals surface area contributed by atoms with Crippen molar-refractivity contribution in [3.8, 4) is 0 Å². The minimum atomic E-state index is -0.271. The van der Waals surface area contributed by atoms with E-state index in [1.165, 1.54) is 10.5 Å². The summed E-state index contributed by atoms with van der Waals surface area (Å²) in [5.74, 6) is -0.271. The van der Waals surface area contributed by atoms with Crippen LogP contribution < -0.4 is 4.90 Å². The summed E-state index contributed by atoms with van der Waals surface area (Å²) in [6.07, 6.45) is 0. The molecule has 19 heavy (non-hydrogen) atoms. The van der Waals surface area contributed by atoms with Crippen LogP contribution >= 0.6 is 0 Å². The van der Waals surface area contributed by atoms with Crippen molar-refractivity contribution in [2.45, 2.75) is 20.4 Å². The highest BCUT2D eigenvalue weighted by atomic mass is 16.5. The molecule has 2 N–H and O–H groups in total. The Morgan fingerprint density at radius 3 is 2.74 bits per heavy atom. The lowest BCUT2D eigenvalue weighted by molar-refractivity contribution is -0.872. The van der Waals surface area contributed by atoms with Crippen LogP contribution in [0.15, 0.2) is 18.2 Å². The summed E-state index contributed by atoms with van der Waals surface area (Å²) in [4.78, 5) is 16.5. The molecule has 0 radical (unpaired) electrons. The molecular formula is C15H21N2O2+. The first kappa shape index (κ1) is 13.6. The van der Waals surface area contributed by atoms with Gasteiger partial charge in [-0.05, 0) is 26.0 Å². The number of carbonyl (C=O) groups is 1. The highest BCUT2D eigenvalue weighted by molar-refractivity contribution is 5.98. The Balaban J connectivity index is 2.58. The van der Waals surface area contributed by atoms with Gasteiger partial charge >= 0.3 is 5.97 Å². The van der Waals surface area contributed by atoms with Gasteiger partial charge in [0.05, 0.1) is 20.7 Å². The topological polar surface area (TPSA) is 46.5 Å². The van der Waals surface area contributed by atoms with Gasteiger partial charge in [-0.25, -0.2) is 4.79 Å². The lowest BCUT2D eigenvalue weighted by Gasteiger charge is -2.08. The van der Waals surface area contributed by atoms with E-state index in [9.17, 15) is 4.79 Å². The van der Waals surface area contributed by atoms with E-state index >= 15 is 0 Å². The van der Waals surface area contributed by atoms with Crippen LogP contribution in [0.1, 0.15) is 28.5 Å². The average molecular weight is 261 g/mol. The zero-order valence-corrected chi connectivity index (χ0v) is 12.0. The van der Waals surface area contributed by atoms with E-state index in [4.69, 9.17) is 4.74 Å². The van der Waals surface area contributed by atoms with E-state index in [-0.39, 0.29) is 5.97 Å². The lowest BCUT2D eigenvalue weighted by atomic mass is 10.1. The van der Waals surface area contributed by atoms with Crippen LogP contribution in [0.25, 0.3) is 10.9 Å². The maximum absolute atomic E-state index is 12.0. The predicted octanol–water partition coefficient (Wildman–Crippen LogP) is 1.30. The number of esters is 1. The Bertz CT molecular complexity index is 599. The number of aromatic nitrogens is 1.